The Balaban J connectivity index is 1.77. The second kappa shape index (κ2) is 10.8. The first-order chi connectivity index (χ1) is 8.93. The van der Waals surface area contributed by atoms with Crippen molar-refractivity contribution in [1.82, 2.24) is 20.5 Å². The predicted molar refractivity (Wildman–Crippen MR) is 71.1 cm³/mol. The van der Waals surface area contributed by atoms with E-state index in [2.05, 4.69) is 32.3 Å². The van der Waals surface area contributed by atoms with Crippen molar-refractivity contribution < 1.29 is 4.74 Å². The second-order valence-corrected chi connectivity index (χ2v) is 3.93. The normalized spacial score (nSPS) is 10.1. The van der Waals surface area contributed by atoms with Crippen LogP contribution in [0.1, 0.15) is 32.0 Å². The maximum Gasteiger partial charge on any atom is 0.137 e. The van der Waals surface area contributed by atoms with Gasteiger partial charge in [0.2, 0.25) is 0 Å². The van der Waals surface area contributed by atoms with Crippen molar-refractivity contribution in [1.29, 1.82) is 0 Å². The fourth-order valence-corrected chi connectivity index (χ4v) is 1.49. The first-order valence-corrected chi connectivity index (χ1v) is 6.46. The molecule has 0 fully saturated rings. The van der Waals surface area contributed by atoms with Crippen LogP contribution in [0.2, 0.25) is 0 Å². The zero-order valence-corrected chi connectivity index (χ0v) is 11.0. The Hall–Kier alpha value is -1.38. The van der Waals surface area contributed by atoms with Gasteiger partial charge in [-0.1, -0.05) is 0 Å². The summed E-state index contributed by atoms with van der Waals surface area (Å²) in [6.07, 6.45) is 5.50. The number of nitrogens with zero attached hydrogens (tertiary/aromatic N) is 2. The fourth-order valence-electron chi connectivity index (χ4n) is 1.49. The monoisotopic (exact) mass is 250 g/mol. The summed E-state index contributed by atoms with van der Waals surface area (Å²) in [5.41, 5.74) is 0. The quantitative estimate of drug-likeness (QED) is 0.483. The number of unbranched alkanes of at least 4 members (excludes halogenated alkanes) is 1. The molecule has 18 heavy (non-hydrogen) atoms. The van der Waals surface area contributed by atoms with Gasteiger partial charge < -0.3 is 10.1 Å². The van der Waals surface area contributed by atoms with Crippen molar-refractivity contribution in [3.8, 4) is 11.8 Å². The van der Waals surface area contributed by atoms with E-state index >= 15 is 0 Å². The molecule has 1 heterocycles. The lowest BCUT2D eigenvalue weighted by Gasteiger charge is -2.04. The van der Waals surface area contributed by atoms with Gasteiger partial charge in [-0.15, -0.1) is 11.8 Å². The average molecular weight is 250 g/mol. The van der Waals surface area contributed by atoms with Gasteiger partial charge in [0, 0.05) is 26.0 Å². The van der Waals surface area contributed by atoms with Gasteiger partial charge in [-0.05, 0) is 26.3 Å². The molecule has 2 N–H and O–H groups in total. The number of rotatable bonds is 10. The molecule has 0 spiro atoms. The van der Waals surface area contributed by atoms with E-state index in [4.69, 9.17) is 4.74 Å². The van der Waals surface area contributed by atoms with Crippen LogP contribution >= 0.6 is 0 Å². The number of aromatic amines is 1. The molecule has 1 rings (SSSR count). The van der Waals surface area contributed by atoms with Crippen LogP contribution in [-0.4, -0.2) is 41.5 Å². The Morgan fingerprint density at radius 2 is 2.28 bits per heavy atom. The molecule has 100 valence electrons. The molecule has 1 aromatic rings. The topological polar surface area (TPSA) is 62.8 Å². The number of nitrogens with one attached hydrogen (secondary N) is 2. The van der Waals surface area contributed by atoms with Gasteiger partial charge in [-0.25, -0.2) is 4.98 Å². The number of aromatic nitrogens is 3. The van der Waals surface area contributed by atoms with E-state index in [0.29, 0.717) is 0 Å². The van der Waals surface area contributed by atoms with E-state index in [-0.39, 0.29) is 0 Å². The van der Waals surface area contributed by atoms with Crippen LogP contribution in [-0.2, 0) is 11.2 Å². The molecule has 0 saturated heterocycles. The third-order valence-corrected chi connectivity index (χ3v) is 2.44. The molecule has 0 aliphatic heterocycles. The second-order valence-electron chi connectivity index (χ2n) is 3.93. The lowest BCUT2D eigenvalue weighted by Crippen LogP contribution is -2.19. The molecule has 5 nitrogen and oxygen atoms in total. The van der Waals surface area contributed by atoms with Crippen LogP contribution in [0, 0.1) is 11.8 Å². The molecule has 0 aromatic carbocycles. The minimum atomic E-state index is 0.750. The summed E-state index contributed by atoms with van der Waals surface area (Å²) in [5.74, 6) is 6.76. The third-order valence-electron chi connectivity index (χ3n) is 2.44. The SMILES string of the molecule is CC#CCCOCCCCNCCc1ncn[nH]1. The zero-order valence-electron chi connectivity index (χ0n) is 11.0. The first-order valence-electron chi connectivity index (χ1n) is 6.46. The van der Waals surface area contributed by atoms with E-state index in [0.717, 1.165) is 57.8 Å². The summed E-state index contributed by atoms with van der Waals surface area (Å²) in [6.45, 7) is 5.38. The van der Waals surface area contributed by atoms with E-state index < -0.39 is 0 Å². The van der Waals surface area contributed by atoms with Crippen molar-refractivity contribution in [2.24, 2.45) is 0 Å². The highest BCUT2D eigenvalue weighted by molar-refractivity contribution is 4.94. The molecule has 0 unspecified atom stereocenters. The van der Waals surface area contributed by atoms with Crippen LogP contribution in [0.4, 0.5) is 0 Å². The molecule has 0 saturated carbocycles. The molecule has 5 heteroatoms. The number of ether oxygens (including phenoxy) is 1. The van der Waals surface area contributed by atoms with E-state index in [1.165, 1.54) is 6.33 Å². The highest BCUT2D eigenvalue weighted by atomic mass is 16.5. The van der Waals surface area contributed by atoms with Crippen molar-refractivity contribution in [2.45, 2.75) is 32.6 Å². The van der Waals surface area contributed by atoms with Crippen LogP contribution in [0.25, 0.3) is 0 Å². The maximum atomic E-state index is 5.45. The molecular formula is C13H22N4O. The lowest BCUT2D eigenvalue weighted by molar-refractivity contribution is 0.136. The minimum Gasteiger partial charge on any atom is -0.380 e. The number of H-pyrrole nitrogens is 1. The molecule has 0 atom stereocenters. The Morgan fingerprint density at radius 1 is 1.33 bits per heavy atom. The van der Waals surface area contributed by atoms with Gasteiger partial charge in [0.25, 0.3) is 0 Å². The van der Waals surface area contributed by atoms with Crippen LogP contribution in [0.5, 0.6) is 0 Å². The van der Waals surface area contributed by atoms with Gasteiger partial charge in [0.15, 0.2) is 0 Å². The molecule has 0 radical (unpaired) electrons. The first kappa shape index (κ1) is 14.7. The summed E-state index contributed by atoms with van der Waals surface area (Å²) in [7, 11) is 0. The van der Waals surface area contributed by atoms with Gasteiger partial charge in [-0.2, -0.15) is 5.10 Å². The average Bonchev–Trinajstić information content (AvgIpc) is 2.89. The number of hydrogen-bond donors (Lipinski definition) is 2. The van der Waals surface area contributed by atoms with Crippen LogP contribution < -0.4 is 5.32 Å². The summed E-state index contributed by atoms with van der Waals surface area (Å²) in [5, 5.41) is 10.0. The van der Waals surface area contributed by atoms with Crippen molar-refractivity contribution >= 4 is 0 Å². The van der Waals surface area contributed by atoms with Gasteiger partial charge >= 0.3 is 0 Å². The minimum absolute atomic E-state index is 0.750. The van der Waals surface area contributed by atoms with E-state index in [9.17, 15) is 0 Å². The van der Waals surface area contributed by atoms with Crippen LogP contribution in [0.15, 0.2) is 6.33 Å². The van der Waals surface area contributed by atoms with E-state index in [1.807, 2.05) is 6.92 Å². The highest BCUT2D eigenvalue weighted by Crippen LogP contribution is 1.91. The largest absolute Gasteiger partial charge is 0.380 e. The van der Waals surface area contributed by atoms with Crippen molar-refractivity contribution in [3.05, 3.63) is 12.2 Å². The summed E-state index contributed by atoms with van der Waals surface area (Å²) in [6, 6.07) is 0. The highest BCUT2D eigenvalue weighted by Gasteiger charge is 1.94. The van der Waals surface area contributed by atoms with Crippen molar-refractivity contribution in [3.63, 3.8) is 0 Å². The predicted octanol–water partition coefficient (Wildman–Crippen LogP) is 1.15. The maximum absolute atomic E-state index is 5.45. The van der Waals surface area contributed by atoms with Gasteiger partial charge in [0.05, 0.1) is 6.61 Å². The zero-order chi connectivity index (χ0) is 12.9. The van der Waals surface area contributed by atoms with Crippen molar-refractivity contribution in [2.75, 3.05) is 26.3 Å². The molecule has 0 bridgehead atoms. The lowest BCUT2D eigenvalue weighted by atomic mass is 10.3. The Morgan fingerprint density at radius 3 is 3.06 bits per heavy atom. The summed E-state index contributed by atoms with van der Waals surface area (Å²) >= 11 is 0. The molecule has 1 aromatic heterocycles. The fraction of sp³-hybridized carbons (Fsp3) is 0.692. The Bertz CT molecular complexity index is 340. The van der Waals surface area contributed by atoms with Gasteiger partial charge in [-0.3, -0.25) is 5.10 Å². The molecular weight excluding hydrogens is 228 g/mol. The molecule has 0 amide bonds. The smallest absolute Gasteiger partial charge is 0.137 e. The summed E-state index contributed by atoms with van der Waals surface area (Å²) in [4.78, 5) is 4.06. The Labute approximate surface area is 109 Å². The number of hydrogen-bond acceptors (Lipinski definition) is 4. The van der Waals surface area contributed by atoms with Crippen LogP contribution in [0.3, 0.4) is 0 Å². The standard InChI is InChI=1S/C13H22N4O/c1-2-3-5-10-18-11-6-4-8-14-9-7-13-15-12-16-17-13/h12,14H,4-11H2,1H3,(H,15,16,17). The van der Waals surface area contributed by atoms with E-state index in [1.54, 1.807) is 0 Å². The van der Waals surface area contributed by atoms with Gasteiger partial charge in [0.1, 0.15) is 12.2 Å². The molecule has 0 aliphatic carbocycles. The Kier molecular flexibility index (Phi) is 8.77. The molecule has 0 aliphatic rings. The third kappa shape index (κ3) is 7.82. The summed E-state index contributed by atoms with van der Waals surface area (Å²) < 4.78 is 5.45.